The number of primary amides is 1. The highest BCUT2D eigenvalue weighted by Crippen LogP contribution is 2.67. The van der Waals surface area contributed by atoms with Gasteiger partial charge in [0, 0.05) is 12.7 Å². The molecule has 0 radical (unpaired) electrons. The number of aromatic nitrogens is 3. The number of halogens is 1. The molecule has 26 heavy (non-hydrogen) atoms. The van der Waals surface area contributed by atoms with Crippen molar-refractivity contribution in [3.8, 4) is 0 Å². The molecule has 2 aromatic heterocycles. The summed E-state index contributed by atoms with van der Waals surface area (Å²) < 4.78 is 15.4. The smallest absolute Gasteiger partial charge is 0.254 e. The van der Waals surface area contributed by atoms with Gasteiger partial charge >= 0.3 is 0 Å². The number of piperidine rings is 1. The minimum Gasteiger partial charge on any atom is -0.365 e. The summed E-state index contributed by atoms with van der Waals surface area (Å²) in [5.74, 6) is 0.533. The molecule has 1 saturated heterocycles. The lowest BCUT2D eigenvalue weighted by atomic mass is 9.91. The van der Waals surface area contributed by atoms with Gasteiger partial charge in [-0.1, -0.05) is 19.1 Å². The molecule has 1 aliphatic carbocycles. The Kier molecular flexibility index (Phi) is 2.96. The third kappa shape index (κ3) is 2.06. The van der Waals surface area contributed by atoms with E-state index in [9.17, 15) is 9.18 Å². The largest absolute Gasteiger partial charge is 0.365 e. The first-order valence-electron chi connectivity index (χ1n) is 8.64. The number of carbonyl (C=O) groups is 1. The molecule has 5 rings (SSSR count). The molecule has 0 spiro atoms. The van der Waals surface area contributed by atoms with Gasteiger partial charge in [-0.25, -0.2) is 13.9 Å². The Morgan fingerprint density at radius 1 is 1.38 bits per heavy atom. The van der Waals surface area contributed by atoms with E-state index in [0.29, 0.717) is 17.1 Å². The number of hydrogen-bond donors (Lipinski definition) is 1. The van der Waals surface area contributed by atoms with Crippen LogP contribution in [0.4, 0.5) is 10.2 Å². The Morgan fingerprint density at radius 2 is 2.23 bits per heavy atom. The topological polar surface area (TPSA) is 76.5 Å². The lowest BCUT2D eigenvalue weighted by molar-refractivity contribution is 0.100. The molecule has 132 valence electrons. The van der Waals surface area contributed by atoms with Crippen LogP contribution in [0, 0.1) is 17.2 Å². The molecule has 1 saturated carbocycles. The number of hydrogen-bond acceptors (Lipinski definition) is 4. The van der Waals surface area contributed by atoms with Crippen LogP contribution in [-0.4, -0.2) is 27.0 Å². The van der Waals surface area contributed by atoms with E-state index in [1.165, 1.54) is 12.3 Å². The molecule has 6 nitrogen and oxygen atoms in total. The maximum Gasteiger partial charge on any atom is 0.254 e. The SMILES string of the molecule is CC12C[C@@H]1CN(c1ccn3ncc(C(N)=O)c3n1)[C@H]2c1cccc(F)c1. The predicted molar refractivity (Wildman–Crippen MR) is 94.2 cm³/mol. The third-order valence-corrected chi connectivity index (χ3v) is 5.89. The number of benzene rings is 1. The van der Waals surface area contributed by atoms with E-state index in [1.54, 1.807) is 22.8 Å². The van der Waals surface area contributed by atoms with Crippen molar-refractivity contribution in [1.82, 2.24) is 14.6 Å². The highest BCUT2D eigenvalue weighted by atomic mass is 19.1. The van der Waals surface area contributed by atoms with E-state index in [1.807, 2.05) is 12.1 Å². The molecular formula is C19H18FN5O. The highest BCUT2D eigenvalue weighted by Gasteiger charge is 2.63. The Bertz CT molecular complexity index is 1050. The van der Waals surface area contributed by atoms with E-state index in [2.05, 4.69) is 21.9 Å². The van der Waals surface area contributed by atoms with Crippen LogP contribution in [0.2, 0.25) is 0 Å². The first-order valence-corrected chi connectivity index (χ1v) is 8.64. The van der Waals surface area contributed by atoms with Crippen LogP contribution in [0.5, 0.6) is 0 Å². The molecule has 2 N–H and O–H groups in total. The van der Waals surface area contributed by atoms with Crippen molar-refractivity contribution in [3.63, 3.8) is 0 Å². The van der Waals surface area contributed by atoms with Crippen molar-refractivity contribution in [2.75, 3.05) is 11.4 Å². The summed E-state index contributed by atoms with van der Waals surface area (Å²) in [5, 5.41) is 4.12. The second-order valence-corrected chi connectivity index (χ2v) is 7.49. The van der Waals surface area contributed by atoms with Crippen molar-refractivity contribution >= 4 is 17.4 Å². The van der Waals surface area contributed by atoms with Crippen molar-refractivity contribution < 1.29 is 9.18 Å². The van der Waals surface area contributed by atoms with E-state index < -0.39 is 5.91 Å². The summed E-state index contributed by atoms with van der Waals surface area (Å²) >= 11 is 0. The zero-order chi connectivity index (χ0) is 18.1. The Hall–Kier alpha value is -2.96. The van der Waals surface area contributed by atoms with Crippen LogP contribution >= 0.6 is 0 Å². The van der Waals surface area contributed by atoms with Gasteiger partial charge in [-0.05, 0) is 41.5 Å². The lowest BCUT2D eigenvalue weighted by Crippen LogP contribution is -2.30. The van der Waals surface area contributed by atoms with E-state index in [4.69, 9.17) is 5.73 Å². The Balaban J connectivity index is 1.61. The fourth-order valence-electron chi connectivity index (χ4n) is 4.44. The molecule has 2 aliphatic rings. The van der Waals surface area contributed by atoms with Gasteiger partial charge in [0.1, 0.15) is 17.2 Å². The van der Waals surface area contributed by atoms with E-state index >= 15 is 0 Å². The minimum atomic E-state index is -0.553. The van der Waals surface area contributed by atoms with Crippen LogP contribution in [0.1, 0.15) is 35.3 Å². The number of carbonyl (C=O) groups excluding carboxylic acids is 1. The number of anilines is 1. The number of amides is 1. The highest BCUT2D eigenvalue weighted by molar-refractivity contribution is 5.98. The van der Waals surface area contributed by atoms with Crippen LogP contribution in [0.3, 0.4) is 0 Å². The maximum atomic E-state index is 13.8. The molecule has 1 amide bonds. The molecule has 1 aromatic carbocycles. The second kappa shape index (κ2) is 5.03. The first-order chi connectivity index (χ1) is 12.5. The average molecular weight is 351 g/mol. The molecule has 3 aromatic rings. The van der Waals surface area contributed by atoms with Gasteiger partial charge in [-0.3, -0.25) is 4.79 Å². The molecule has 7 heteroatoms. The maximum absolute atomic E-state index is 13.8. The zero-order valence-corrected chi connectivity index (χ0v) is 14.3. The summed E-state index contributed by atoms with van der Waals surface area (Å²) in [4.78, 5) is 18.5. The van der Waals surface area contributed by atoms with Gasteiger partial charge in [-0.2, -0.15) is 5.10 Å². The lowest BCUT2D eigenvalue weighted by Gasteiger charge is -2.32. The third-order valence-electron chi connectivity index (χ3n) is 5.89. The molecule has 2 fully saturated rings. The quantitative estimate of drug-likeness (QED) is 0.787. The molecule has 1 aliphatic heterocycles. The summed E-state index contributed by atoms with van der Waals surface area (Å²) in [6.45, 7) is 3.11. The van der Waals surface area contributed by atoms with E-state index in [-0.39, 0.29) is 17.3 Å². The molecule has 3 atom stereocenters. The van der Waals surface area contributed by atoms with Crippen molar-refractivity contribution in [2.45, 2.75) is 19.4 Å². The summed E-state index contributed by atoms with van der Waals surface area (Å²) in [7, 11) is 0. The number of rotatable bonds is 3. The summed E-state index contributed by atoms with van der Waals surface area (Å²) in [5.41, 5.74) is 7.24. The van der Waals surface area contributed by atoms with Gasteiger partial charge in [0.15, 0.2) is 5.65 Å². The number of nitrogens with two attached hydrogens (primary N) is 1. The minimum absolute atomic E-state index is 0.0538. The number of nitrogens with zero attached hydrogens (tertiary/aromatic N) is 4. The standard InChI is InChI=1S/C19H18FN5O/c1-19-8-12(19)10-24(16(19)11-3-2-4-13(20)7-11)15-5-6-25-18(23-15)14(9-22-25)17(21)26/h2-7,9,12,16H,8,10H2,1H3,(H2,21,26)/t12-,16+,19?/m1/s1. The first kappa shape index (κ1) is 15.3. The van der Waals surface area contributed by atoms with Gasteiger partial charge in [0.05, 0.1) is 12.2 Å². The monoisotopic (exact) mass is 351 g/mol. The summed E-state index contributed by atoms with van der Waals surface area (Å²) in [6.07, 6.45) is 4.34. The molecule has 1 unspecified atom stereocenters. The van der Waals surface area contributed by atoms with E-state index in [0.717, 1.165) is 24.3 Å². The second-order valence-electron chi connectivity index (χ2n) is 7.49. The number of fused-ring (bicyclic) bond motifs is 2. The molecular weight excluding hydrogens is 333 g/mol. The fraction of sp³-hybridized carbons (Fsp3) is 0.316. The van der Waals surface area contributed by atoms with Crippen LogP contribution < -0.4 is 10.6 Å². The average Bonchev–Trinajstić information content (AvgIpc) is 2.97. The van der Waals surface area contributed by atoms with Crippen LogP contribution in [0.25, 0.3) is 5.65 Å². The van der Waals surface area contributed by atoms with Gasteiger partial charge in [0.2, 0.25) is 0 Å². The molecule has 3 heterocycles. The van der Waals surface area contributed by atoms with Crippen molar-refractivity contribution in [1.29, 1.82) is 0 Å². The predicted octanol–water partition coefficient (Wildman–Crippen LogP) is 2.55. The fourth-order valence-corrected chi connectivity index (χ4v) is 4.44. The van der Waals surface area contributed by atoms with Gasteiger partial charge in [0.25, 0.3) is 5.91 Å². The van der Waals surface area contributed by atoms with Crippen molar-refractivity contribution in [2.24, 2.45) is 17.1 Å². The van der Waals surface area contributed by atoms with Gasteiger partial charge < -0.3 is 10.6 Å². The van der Waals surface area contributed by atoms with Crippen LogP contribution in [0.15, 0.2) is 42.7 Å². The normalized spacial score (nSPS) is 26.9. The Labute approximate surface area is 149 Å². The molecule has 0 bridgehead atoms. The van der Waals surface area contributed by atoms with Gasteiger partial charge in [-0.15, -0.1) is 0 Å². The summed E-state index contributed by atoms with van der Waals surface area (Å²) in [6, 6.07) is 8.73. The zero-order valence-electron chi connectivity index (χ0n) is 14.3. The van der Waals surface area contributed by atoms with Crippen molar-refractivity contribution in [3.05, 3.63) is 59.7 Å². The van der Waals surface area contributed by atoms with Crippen LogP contribution in [-0.2, 0) is 0 Å². The Morgan fingerprint density at radius 3 is 3.00 bits per heavy atom.